The summed E-state index contributed by atoms with van der Waals surface area (Å²) in [6.07, 6.45) is 10.1. The normalized spacial score (nSPS) is 29.5. The molecule has 3 aliphatic carbocycles. The van der Waals surface area contributed by atoms with Gasteiger partial charge in [0.2, 0.25) is 0 Å². The lowest BCUT2D eigenvalue weighted by atomic mass is 9.81. The number of hydrogen-bond donors (Lipinski definition) is 4. The molecule has 0 bridgehead atoms. The Hall–Kier alpha value is -2.23. The summed E-state index contributed by atoms with van der Waals surface area (Å²) in [4.78, 5) is 21.7. The van der Waals surface area contributed by atoms with Gasteiger partial charge in [0, 0.05) is 51.2 Å². The maximum Gasteiger partial charge on any atom is 0.320 e. The summed E-state index contributed by atoms with van der Waals surface area (Å²) in [5.41, 5.74) is 10.5. The lowest BCUT2D eigenvalue weighted by Crippen LogP contribution is -2.47. The van der Waals surface area contributed by atoms with Gasteiger partial charge in [-0.1, -0.05) is 6.92 Å². The molecule has 4 unspecified atom stereocenters. The highest BCUT2D eigenvalue weighted by Crippen LogP contribution is 2.75. The third kappa shape index (κ3) is 4.53. The maximum absolute atomic E-state index is 12.9. The van der Waals surface area contributed by atoms with Crippen LogP contribution in [0.2, 0.25) is 0 Å². The summed E-state index contributed by atoms with van der Waals surface area (Å²) in [6, 6.07) is 3.77. The molecular formula is C26H41IN6O. The van der Waals surface area contributed by atoms with Crippen LogP contribution < -0.4 is 16.4 Å². The minimum Gasteiger partial charge on any atom is -0.401 e. The van der Waals surface area contributed by atoms with E-state index in [1.807, 2.05) is 32.1 Å². The monoisotopic (exact) mass is 580 g/mol. The van der Waals surface area contributed by atoms with E-state index in [2.05, 4.69) is 27.5 Å². The molecule has 5 atom stereocenters. The average molecular weight is 581 g/mol. The third-order valence-electron chi connectivity index (χ3n) is 8.14. The molecule has 1 aromatic heterocycles. The molecule has 3 saturated carbocycles. The zero-order valence-corrected chi connectivity index (χ0v) is 22.5. The molecule has 3 fully saturated rings. The van der Waals surface area contributed by atoms with Gasteiger partial charge in [0.1, 0.15) is 5.82 Å². The number of pyridine rings is 1. The van der Waals surface area contributed by atoms with E-state index in [4.69, 9.17) is 11.1 Å². The van der Waals surface area contributed by atoms with Gasteiger partial charge in [-0.25, -0.2) is 9.79 Å². The number of nitrogens with two attached hydrogens (primary N) is 1. The molecule has 0 aromatic carbocycles. The first-order chi connectivity index (χ1) is 15.8. The largest absolute Gasteiger partial charge is 0.401 e. The topological polar surface area (TPSA) is 116 Å². The van der Waals surface area contributed by atoms with Crippen LogP contribution in [-0.4, -0.2) is 29.0 Å². The van der Waals surface area contributed by atoms with Gasteiger partial charge in [-0.2, -0.15) is 0 Å². The molecule has 1 aliphatic heterocycles. The Bertz CT molecular complexity index is 1100. The van der Waals surface area contributed by atoms with Crippen LogP contribution in [0.15, 0.2) is 40.3 Å². The van der Waals surface area contributed by atoms with Crippen molar-refractivity contribution in [2.45, 2.75) is 65.3 Å². The van der Waals surface area contributed by atoms with E-state index in [0.29, 0.717) is 34.6 Å². The maximum atomic E-state index is 12.9. The SMILES string of the molecule is CC[C@@H](NC(=O)NC1=CCC(N)=C(C(=N)c2cc(C)nc(C)c2)C=N1)C12CC1CCC1CC12.I.[HH].[HH].[HH]. The molecular weight excluding hydrogens is 539 g/mol. The number of aryl methyl sites for hydroxylation is 2. The summed E-state index contributed by atoms with van der Waals surface area (Å²) in [5, 5.41) is 14.8. The number of allylic oxidation sites excluding steroid dienone is 2. The number of carbonyl (C=O) groups excluding carboxylic acids is 1. The van der Waals surface area contributed by atoms with E-state index in [1.165, 1.54) is 25.7 Å². The molecule has 2 amide bonds. The number of hydrogen-bond acceptors (Lipinski definition) is 5. The molecule has 34 heavy (non-hydrogen) atoms. The van der Waals surface area contributed by atoms with E-state index >= 15 is 0 Å². The fourth-order valence-electron chi connectivity index (χ4n) is 6.47. The third-order valence-corrected chi connectivity index (χ3v) is 8.14. The predicted octanol–water partition coefficient (Wildman–Crippen LogP) is 5.47. The number of halogens is 1. The Labute approximate surface area is 223 Å². The van der Waals surface area contributed by atoms with E-state index < -0.39 is 0 Å². The fourth-order valence-corrected chi connectivity index (χ4v) is 6.47. The molecule has 0 saturated heterocycles. The van der Waals surface area contributed by atoms with Crippen LogP contribution in [0, 0.1) is 42.4 Å². The van der Waals surface area contributed by atoms with Crippen molar-refractivity contribution in [3.63, 3.8) is 0 Å². The van der Waals surface area contributed by atoms with E-state index in [-0.39, 0.29) is 40.3 Å². The molecule has 0 radical (unpaired) electrons. The molecule has 7 nitrogen and oxygen atoms in total. The van der Waals surface area contributed by atoms with Crippen LogP contribution >= 0.6 is 24.0 Å². The predicted molar refractivity (Wildman–Crippen MR) is 152 cm³/mol. The van der Waals surface area contributed by atoms with Crippen molar-refractivity contribution in [1.29, 1.82) is 5.41 Å². The van der Waals surface area contributed by atoms with Gasteiger partial charge >= 0.3 is 6.03 Å². The Morgan fingerprint density at radius 1 is 1.32 bits per heavy atom. The molecule has 5 rings (SSSR count). The second-order valence-corrected chi connectivity index (χ2v) is 10.3. The zero-order chi connectivity index (χ0) is 23.3. The van der Waals surface area contributed by atoms with Crippen molar-refractivity contribution >= 4 is 41.9 Å². The lowest BCUT2D eigenvalue weighted by Gasteiger charge is -2.31. The molecule has 5 N–H and O–H groups in total. The van der Waals surface area contributed by atoms with Crippen molar-refractivity contribution in [2.24, 2.45) is 33.9 Å². The van der Waals surface area contributed by atoms with Crippen LogP contribution in [0.25, 0.3) is 0 Å². The zero-order valence-electron chi connectivity index (χ0n) is 20.1. The van der Waals surface area contributed by atoms with E-state index in [1.54, 1.807) is 6.21 Å². The average Bonchev–Trinajstić information content (AvgIpc) is 3.65. The number of aromatic nitrogens is 1. The van der Waals surface area contributed by atoms with E-state index in [0.717, 1.165) is 41.1 Å². The van der Waals surface area contributed by atoms with Crippen molar-refractivity contribution in [1.82, 2.24) is 15.6 Å². The highest BCUT2D eigenvalue weighted by Gasteiger charge is 2.70. The minimum atomic E-state index is -0.203. The number of nitrogens with one attached hydrogen (secondary N) is 3. The molecule has 4 aliphatic rings. The minimum absolute atomic E-state index is 0. The van der Waals surface area contributed by atoms with Gasteiger partial charge in [-0.3, -0.25) is 15.7 Å². The van der Waals surface area contributed by atoms with Crippen molar-refractivity contribution in [3.8, 4) is 0 Å². The highest BCUT2D eigenvalue weighted by molar-refractivity contribution is 14.0. The number of rotatable bonds is 6. The molecule has 1 aromatic rings. The summed E-state index contributed by atoms with van der Waals surface area (Å²) in [7, 11) is 0. The highest BCUT2D eigenvalue weighted by atomic mass is 127. The van der Waals surface area contributed by atoms with Gasteiger partial charge in [0.25, 0.3) is 0 Å². The van der Waals surface area contributed by atoms with Gasteiger partial charge in [0.15, 0.2) is 0 Å². The van der Waals surface area contributed by atoms with Crippen molar-refractivity contribution in [2.75, 3.05) is 0 Å². The fraction of sp³-hybridized carbons (Fsp3) is 0.538. The first-order valence-electron chi connectivity index (χ1n) is 12.2. The van der Waals surface area contributed by atoms with Gasteiger partial charge in [0.05, 0.1) is 5.71 Å². The first-order valence-corrected chi connectivity index (χ1v) is 12.2. The van der Waals surface area contributed by atoms with Crippen molar-refractivity contribution < 1.29 is 9.07 Å². The molecule has 0 spiro atoms. The first kappa shape index (κ1) is 24.9. The summed E-state index contributed by atoms with van der Waals surface area (Å²) >= 11 is 0. The standard InChI is InChI=1S/C26H34N6O.HI.3H2/c1-4-22(26-12-18(26)6-5-16-11-20(16)26)31-25(33)32-23-8-7-21(27)19(13-29-23)24(28)17-9-14(2)30-15(3)10-17;;;;/h8-10,13,16,18,20,22,28H,4-7,11-12,27H2,1-3H3,(H2,31,32,33);4*1H/t16?,18?,20?,22-,26?;;;;/m1..../s1. The smallest absolute Gasteiger partial charge is 0.320 e. The van der Waals surface area contributed by atoms with Gasteiger partial charge in [-0.05, 0) is 87.3 Å². The Morgan fingerprint density at radius 3 is 2.76 bits per heavy atom. The Balaban J connectivity index is 0.00000171. The number of nitrogens with zero attached hydrogens (tertiary/aromatic N) is 2. The summed E-state index contributed by atoms with van der Waals surface area (Å²) in [6.45, 7) is 6.00. The number of urea groups is 1. The van der Waals surface area contributed by atoms with Gasteiger partial charge in [-0.15, -0.1) is 24.0 Å². The summed E-state index contributed by atoms with van der Waals surface area (Å²) in [5.74, 6) is 2.97. The Morgan fingerprint density at radius 2 is 2.06 bits per heavy atom. The number of aliphatic imine (C=N–C) groups is 1. The van der Waals surface area contributed by atoms with Crippen LogP contribution in [0.5, 0.6) is 0 Å². The molecule has 8 heteroatoms. The second-order valence-electron chi connectivity index (χ2n) is 10.3. The number of fused-ring (bicyclic) bond motifs is 3. The second kappa shape index (κ2) is 9.43. The van der Waals surface area contributed by atoms with Crippen LogP contribution in [0.4, 0.5) is 4.79 Å². The Kier molecular flexibility index (Phi) is 6.90. The number of amides is 2. The van der Waals surface area contributed by atoms with Gasteiger partial charge < -0.3 is 11.1 Å². The molecule has 2 heterocycles. The number of carbonyl (C=O) groups is 1. The quantitative estimate of drug-likeness (QED) is 0.264. The van der Waals surface area contributed by atoms with Crippen LogP contribution in [0.1, 0.15) is 66.7 Å². The lowest BCUT2D eigenvalue weighted by molar-refractivity contribution is 0.203. The van der Waals surface area contributed by atoms with Crippen LogP contribution in [-0.2, 0) is 0 Å². The van der Waals surface area contributed by atoms with Crippen molar-refractivity contribution in [3.05, 3.63) is 52.3 Å². The molecule has 188 valence electrons. The van der Waals surface area contributed by atoms with Crippen LogP contribution in [0.3, 0.4) is 0 Å². The summed E-state index contributed by atoms with van der Waals surface area (Å²) < 4.78 is 0. The van der Waals surface area contributed by atoms with E-state index in [9.17, 15) is 4.79 Å².